The summed E-state index contributed by atoms with van der Waals surface area (Å²) in [4.78, 5) is 18.9. The van der Waals surface area contributed by atoms with E-state index in [4.69, 9.17) is 20.1 Å². The first-order valence-corrected chi connectivity index (χ1v) is 6.66. The number of carboxylic acids is 2. The Balaban J connectivity index is -0.0000000570. The number of aliphatic carboxylic acids is 2. The topological polar surface area (TPSA) is 121 Å². The van der Waals surface area contributed by atoms with Gasteiger partial charge in [0.2, 0.25) is 0 Å². The van der Waals surface area contributed by atoms with Crippen molar-refractivity contribution in [1.82, 2.24) is 0 Å². The first kappa shape index (κ1) is 32.5. The SMILES string of the molecule is CC(=O)[O-].CC(C)O.CC(C)O.CCC(CC)C(=O)[O-].[Ti+2]. The van der Waals surface area contributed by atoms with Crippen LogP contribution in [0.5, 0.6) is 0 Å². The Morgan fingerprint density at radius 1 is 0.905 bits per heavy atom. The van der Waals surface area contributed by atoms with Crippen LogP contribution in [-0.4, -0.2) is 34.4 Å². The minimum Gasteiger partial charge on any atom is -0.550 e. The van der Waals surface area contributed by atoms with E-state index >= 15 is 0 Å². The smallest absolute Gasteiger partial charge is 0.550 e. The van der Waals surface area contributed by atoms with Crippen LogP contribution >= 0.6 is 0 Å². The third-order valence-electron chi connectivity index (χ3n) is 1.32. The molecule has 0 radical (unpaired) electrons. The summed E-state index contributed by atoms with van der Waals surface area (Å²) in [5.74, 6) is -2.25. The number of hydrogen-bond acceptors (Lipinski definition) is 6. The van der Waals surface area contributed by atoms with Crippen LogP contribution in [0.1, 0.15) is 61.3 Å². The van der Waals surface area contributed by atoms with Crippen LogP contribution in [-0.2, 0) is 31.3 Å². The van der Waals surface area contributed by atoms with Crippen LogP contribution in [0.25, 0.3) is 0 Å². The molecule has 0 aromatic carbocycles. The molecule has 0 fully saturated rings. The minimum atomic E-state index is -1.08. The van der Waals surface area contributed by atoms with Crippen LogP contribution < -0.4 is 10.2 Å². The van der Waals surface area contributed by atoms with Gasteiger partial charge in [-0.15, -0.1) is 0 Å². The Hall–Kier alpha value is -0.426. The minimum absolute atomic E-state index is 0. The van der Waals surface area contributed by atoms with E-state index in [0.717, 1.165) is 6.92 Å². The van der Waals surface area contributed by atoms with Crippen LogP contribution in [0.2, 0.25) is 0 Å². The third-order valence-corrected chi connectivity index (χ3v) is 1.32. The molecule has 0 saturated heterocycles. The van der Waals surface area contributed by atoms with E-state index in [2.05, 4.69) is 0 Å². The molecular weight excluding hydrogens is 312 g/mol. The molecule has 0 aliphatic heterocycles. The van der Waals surface area contributed by atoms with Gasteiger partial charge >= 0.3 is 21.7 Å². The van der Waals surface area contributed by atoms with Crippen molar-refractivity contribution in [2.75, 3.05) is 0 Å². The van der Waals surface area contributed by atoms with Crippen molar-refractivity contribution >= 4 is 11.9 Å². The fourth-order valence-corrected chi connectivity index (χ4v) is 0.622. The zero-order chi connectivity index (χ0) is 17.3. The average molecular weight is 342 g/mol. The summed E-state index contributed by atoms with van der Waals surface area (Å²) in [7, 11) is 0. The van der Waals surface area contributed by atoms with Gasteiger partial charge < -0.3 is 30.0 Å². The van der Waals surface area contributed by atoms with E-state index in [-0.39, 0.29) is 39.8 Å². The van der Waals surface area contributed by atoms with Gasteiger partial charge in [-0.2, -0.15) is 0 Å². The van der Waals surface area contributed by atoms with Gasteiger partial charge in [0.25, 0.3) is 0 Å². The van der Waals surface area contributed by atoms with Crippen molar-refractivity contribution in [2.24, 2.45) is 5.92 Å². The Kier molecular flexibility index (Phi) is 38.0. The van der Waals surface area contributed by atoms with Gasteiger partial charge in [0.1, 0.15) is 0 Å². The molecule has 0 aromatic rings. The van der Waals surface area contributed by atoms with Gasteiger partial charge in [0.15, 0.2) is 0 Å². The quantitative estimate of drug-likeness (QED) is 0.680. The van der Waals surface area contributed by atoms with E-state index in [0.29, 0.717) is 12.8 Å². The molecule has 0 bridgehead atoms. The van der Waals surface area contributed by atoms with Crippen LogP contribution in [0.4, 0.5) is 0 Å². The molecule has 0 saturated carbocycles. The number of hydrogen-bond donors (Lipinski definition) is 2. The summed E-state index contributed by atoms with van der Waals surface area (Å²) in [5, 5.41) is 35.1. The second-order valence-electron chi connectivity index (χ2n) is 4.51. The molecule has 0 aromatic heterocycles. The van der Waals surface area contributed by atoms with Crippen molar-refractivity contribution in [2.45, 2.75) is 73.5 Å². The Morgan fingerprint density at radius 3 is 1.05 bits per heavy atom. The number of aliphatic hydroxyl groups is 2. The van der Waals surface area contributed by atoms with E-state index in [1.165, 1.54) is 0 Å². The first-order valence-electron chi connectivity index (χ1n) is 6.66. The third kappa shape index (κ3) is 105. The summed E-state index contributed by atoms with van der Waals surface area (Å²) in [6, 6.07) is 0. The maximum Gasteiger partial charge on any atom is 2.00 e. The normalized spacial score (nSPS) is 8.38. The molecule has 0 atom stereocenters. The Bertz CT molecular complexity index is 200. The average Bonchev–Trinajstić information content (AvgIpc) is 2.15. The molecule has 21 heavy (non-hydrogen) atoms. The van der Waals surface area contributed by atoms with Crippen LogP contribution in [0.3, 0.4) is 0 Å². The number of carbonyl (C=O) groups excluding carboxylic acids is 2. The van der Waals surface area contributed by atoms with E-state index < -0.39 is 11.9 Å². The standard InChI is InChI=1S/C6H12O2.2C3H8O.C2H4O2.Ti/c1-3-5(4-2)6(7)8;2*1-3(2)4;1-2(3)4;/h5H,3-4H2,1-2H3,(H,7,8);2*3-4H,1-2H3;1H3,(H,3,4);/q;;;;+2/p-2. The second-order valence-corrected chi connectivity index (χ2v) is 4.51. The fraction of sp³-hybridized carbons (Fsp3) is 0.857. The molecule has 7 heteroatoms. The van der Waals surface area contributed by atoms with E-state index in [9.17, 15) is 9.90 Å². The molecule has 0 aliphatic carbocycles. The molecule has 0 aliphatic rings. The van der Waals surface area contributed by atoms with Gasteiger partial charge in [-0.1, -0.05) is 13.8 Å². The maximum atomic E-state index is 10.1. The van der Waals surface area contributed by atoms with Crippen molar-refractivity contribution in [3.05, 3.63) is 0 Å². The first-order chi connectivity index (χ1) is 8.91. The molecule has 0 spiro atoms. The molecule has 0 rings (SSSR count). The molecule has 0 heterocycles. The van der Waals surface area contributed by atoms with Crippen molar-refractivity contribution in [1.29, 1.82) is 0 Å². The van der Waals surface area contributed by atoms with Gasteiger partial charge in [-0.05, 0) is 53.4 Å². The maximum absolute atomic E-state index is 10.1. The van der Waals surface area contributed by atoms with Gasteiger partial charge in [0.05, 0.1) is 0 Å². The molecule has 0 unspecified atom stereocenters. The number of rotatable bonds is 3. The molecule has 126 valence electrons. The van der Waals surface area contributed by atoms with Gasteiger partial charge in [0, 0.05) is 24.1 Å². The summed E-state index contributed by atoms with van der Waals surface area (Å²) >= 11 is 0. The predicted octanol–water partition coefficient (Wildman–Crippen LogP) is -0.300. The Morgan fingerprint density at radius 2 is 1.05 bits per heavy atom. The monoisotopic (exact) mass is 342 g/mol. The zero-order valence-electron chi connectivity index (χ0n) is 14.2. The summed E-state index contributed by atoms with van der Waals surface area (Å²) in [6.45, 7) is 11.6. The number of aliphatic hydroxyl groups excluding tert-OH is 2. The van der Waals surface area contributed by atoms with E-state index in [1.54, 1.807) is 27.7 Å². The summed E-state index contributed by atoms with van der Waals surface area (Å²) in [6.07, 6.45) is 1.03. The second kappa shape index (κ2) is 24.6. The summed E-state index contributed by atoms with van der Waals surface area (Å²) < 4.78 is 0. The largest absolute Gasteiger partial charge is 2.00 e. The summed E-state index contributed by atoms with van der Waals surface area (Å²) in [5.41, 5.74) is 0. The van der Waals surface area contributed by atoms with Gasteiger partial charge in [-0.3, -0.25) is 0 Å². The Labute approximate surface area is 143 Å². The molecule has 0 amide bonds. The van der Waals surface area contributed by atoms with Crippen LogP contribution in [0.15, 0.2) is 0 Å². The van der Waals surface area contributed by atoms with Gasteiger partial charge in [-0.25, -0.2) is 0 Å². The van der Waals surface area contributed by atoms with Crippen molar-refractivity contribution < 1.29 is 51.7 Å². The van der Waals surface area contributed by atoms with Crippen LogP contribution in [0, 0.1) is 5.92 Å². The predicted molar refractivity (Wildman–Crippen MR) is 74.5 cm³/mol. The zero-order valence-corrected chi connectivity index (χ0v) is 15.7. The number of carboxylic acid groups (broad SMARTS) is 2. The molecule has 2 N–H and O–H groups in total. The fourth-order valence-electron chi connectivity index (χ4n) is 0.622. The van der Waals surface area contributed by atoms with Crippen molar-refractivity contribution in [3.63, 3.8) is 0 Å². The van der Waals surface area contributed by atoms with E-state index in [1.807, 2.05) is 13.8 Å². The molecule has 6 nitrogen and oxygen atoms in total. The van der Waals surface area contributed by atoms with Crippen molar-refractivity contribution in [3.8, 4) is 0 Å². The molecular formula is C14H30O6Ti. The number of carbonyl (C=O) groups is 2.